The van der Waals surface area contributed by atoms with Gasteiger partial charge in [-0.1, -0.05) is 0 Å². The van der Waals surface area contributed by atoms with Crippen molar-refractivity contribution in [2.75, 3.05) is 25.5 Å². The number of anilines is 1. The molecule has 3 aliphatic rings. The van der Waals surface area contributed by atoms with Crippen molar-refractivity contribution in [3.63, 3.8) is 0 Å². The Morgan fingerprint density at radius 2 is 1.75 bits per heavy atom. The Bertz CT molecular complexity index is 1560. The van der Waals surface area contributed by atoms with Gasteiger partial charge in [-0.3, -0.25) is 23.4 Å². The highest BCUT2D eigenvalue weighted by atomic mass is 31.3. The minimum atomic E-state index is -5.60. The predicted octanol–water partition coefficient (Wildman–Crippen LogP) is -5.08. The van der Waals surface area contributed by atoms with Crippen LogP contribution < -0.4 is 21.3 Å². The van der Waals surface area contributed by atoms with Crippen molar-refractivity contribution >= 4 is 38.5 Å². The highest BCUT2D eigenvalue weighted by molar-refractivity contribution is 7.60. The minimum Gasteiger partial charge on any atom is -0.756 e. The largest absolute Gasteiger partial charge is 0.756 e. The number of hydrogen-bond acceptors (Lipinski definition) is 17. The Morgan fingerprint density at radius 3 is 2.48 bits per heavy atom. The monoisotopic (exact) mass is 665 g/mol. The van der Waals surface area contributed by atoms with Crippen LogP contribution in [0.4, 0.5) is 5.82 Å². The number of nitrogens with one attached hydrogen (secondary N) is 1. The molecule has 242 valence electrons. The summed E-state index contributed by atoms with van der Waals surface area (Å²) < 4.78 is 50.5. The van der Waals surface area contributed by atoms with Gasteiger partial charge < -0.3 is 55.7 Å². The molecule has 1 amide bonds. The number of ether oxygens (including phenoxy) is 2. The van der Waals surface area contributed by atoms with Gasteiger partial charge in [0.1, 0.15) is 55.1 Å². The van der Waals surface area contributed by atoms with Crippen molar-refractivity contribution in [2.45, 2.75) is 49.1 Å². The van der Waals surface area contributed by atoms with Crippen molar-refractivity contribution in [1.82, 2.24) is 19.5 Å². The zero-order chi connectivity index (χ0) is 32.0. The summed E-state index contributed by atoms with van der Waals surface area (Å²) in [5.41, 5.74) is 11.5. The topological polar surface area (TPSA) is 322 Å². The van der Waals surface area contributed by atoms with E-state index >= 15 is 0 Å². The Kier molecular flexibility index (Phi) is 9.34. The number of hydrogen-bond donors (Lipinski definition) is 8. The first kappa shape index (κ1) is 32.7. The van der Waals surface area contributed by atoms with Gasteiger partial charge in [-0.05, 0) is 12.2 Å². The molecular formula is C21H29N7O14P2. The van der Waals surface area contributed by atoms with Crippen LogP contribution in [0.1, 0.15) is 6.23 Å². The van der Waals surface area contributed by atoms with Crippen LogP contribution in [0.25, 0.3) is 11.2 Å². The molecule has 2 aromatic heterocycles. The van der Waals surface area contributed by atoms with Crippen molar-refractivity contribution in [1.29, 1.82) is 0 Å². The van der Waals surface area contributed by atoms with Gasteiger partial charge in [0.05, 0.1) is 25.1 Å². The van der Waals surface area contributed by atoms with Crippen LogP contribution >= 0.6 is 15.6 Å². The van der Waals surface area contributed by atoms with Crippen LogP contribution in [0.2, 0.25) is 0 Å². The number of aromatic nitrogens is 4. The van der Waals surface area contributed by atoms with Gasteiger partial charge in [0.2, 0.25) is 6.23 Å². The van der Waals surface area contributed by atoms with Gasteiger partial charge >= 0.3 is 7.82 Å². The molecule has 2 aromatic rings. The van der Waals surface area contributed by atoms with Crippen LogP contribution in [0, 0.1) is 0 Å². The van der Waals surface area contributed by atoms with E-state index in [-0.39, 0.29) is 29.1 Å². The molecule has 2 fully saturated rings. The SMILES string of the molecule is NC(=O)C1=C[NH+]([C@@H]2O[C@H](COP(=O)([O-])OP(=O)(O)OC[C@H]3O[C@@H](n4cnc5c(N)ncnc54)[C@@H](O)[C@@H]3O)[C@H](O)[C@@H]2O)CC=C1. The molecule has 5 heterocycles. The van der Waals surface area contributed by atoms with E-state index in [0.29, 0.717) is 4.90 Å². The Morgan fingerprint density at radius 1 is 1.07 bits per heavy atom. The van der Waals surface area contributed by atoms with Crippen molar-refractivity contribution in [2.24, 2.45) is 5.73 Å². The molecule has 11 atom stereocenters. The van der Waals surface area contributed by atoms with E-state index < -0.39 is 83.8 Å². The number of nitrogens with two attached hydrogens (primary N) is 2. The third-order valence-corrected chi connectivity index (χ3v) is 9.57. The number of primary amides is 1. The highest BCUT2D eigenvalue weighted by Crippen LogP contribution is 2.58. The van der Waals surface area contributed by atoms with E-state index in [0.717, 1.165) is 6.33 Å². The van der Waals surface area contributed by atoms with E-state index in [4.69, 9.17) is 20.9 Å². The van der Waals surface area contributed by atoms with E-state index in [1.54, 1.807) is 6.08 Å². The second-order valence-corrected chi connectivity index (χ2v) is 12.9. The Labute approximate surface area is 247 Å². The highest BCUT2D eigenvalue weighted by Gasteiger charge is 2.49. The fourth-order valence-corrected chi connectivity index (χ4v) is 6.88. The number of aliphatic hydroxyl groups is 4. The summed E-state index contributed by atoms with van der Waals surface area (Å²) in [6.07, 6.45) is -4.94. The molecule has 0 bridgehead atoms. The van der Waals surface area contributed by atoms with Crippen molar-refractivity contribution < 1.29 is 71.9 Å². The van der Waals surface area contributed by atoms with Crippen molar-refractivity contribution in [3.8, 4) is 0 Å². The molecule has 0 aliphatic carbocycles. The molecule has 44 heavy (non-hydrogen) atoms. The van der Waals surface area contributed by atoms with Gasteiger partial charge in [-0.25, -0.2) is 23.8 Å². The van der Waals surface area contributed by atoms with Crippen LogP contribution in [-0.2, 0) is 36.8 Å². The quantitative estimate of drug-likeness (QED) is 0.104. The molecule has 3 unspecified atom stereocenters. The first-order valence-corrected chi connectivity index (χ1v) is 15.8. The average Bonchev–Trinajstić information content (AvgIpc) is 3.61. The first-order valence-electron chi connectivity index (χ1n) is 12.8. The second kappa shape index (κ2) is 12.6. The molecule has 10 N–H and O–H groups in total. The van der Waals surface area contributed by atoms with Crippen molar-refractivity contribution in [3.05, 3.63) is 36.6 Å². The van der Waals surface area contributed by atoms with Crippen LogP contribution in [-0.4, -0.2) is 113 Å². The molecule has 23 heteroatoms. The van der Waals surface area contributed by atoms with E-state index in [2.05, 4.69) is 28.3 Å². The number of quaternary nitrogens is 1. The zero-order valence-electron chi connectivity index (χ0n) is 22.4. The normalized spacial score (nSPS) is 35.0. The van der Waals surface area contributed by atoms with Gasteiger partial charge in [-0.2, -0.15) is 0 Å². The molecule has 5 rings (SSSR count). The lowest BCUT2D eigenvalue weighted by molar-refractivity contribution is -0.897. The number of phosphoric ester groups is 2. The van der Waals surface area contributed by atoms with Gasteiger partial charge in [0.15, 0.2) is 23.8 Å². The zero-order valence-corrected chi connectivity index (χ0v) is 24.2. The molecule has 2 saturated heterocycles. The number of carbonyl (C=O) groups is 1. The number of amides is 1. The molecule has 0 radical (unpaired) electrons. The average molecular weight is 665 g/mol. The fraction of sp³-hybridized carbons (Fsp3) is 0.524. The Hall–Kier alpha value is -2.72. The summed E-state index contributed by atoms with van der Waals surface area (Å²) in [7, 11) is -11.0. The number of phosphoric acid groups is 2. The standard InChI is InChI=1S/C21H29N7O14P2/c22-17-12-19(25-7-24-17)28(8-26-12)21-16(32)14(30)11(41-21)6-39-44(36,37)42-43(34,35)38-5-10-13(29)15(31)20(40-10)27-3-1-2-9(4-27)18(23)33/h1-2,4,7-8,10-11,13-16,20-21,29-32H,3,5-6H2,(H2,23,33)(H,34,35)(H,36,37)(H2,22,24,25)/t10-,11-,13+,14-,15+,16+,20-,21-/m1/s1. The van der Waals surface area contributed by atoms with Gasteiger partial charge in [-0.15, -0.1) is 0 Å². The van der Waals surface area contributed by atoms with Crippen LogP contribution in [0.3, 0.4) is 0 Å². The fourth-order valence-electron chi connectivity index (χ4n) is 4.83. The molecule has 0 spiro atoms. The summed E-state index contributed by atoms with van der Waals surface area (Å²) in [5.74, 6) is -0.685. The lowest BCUT2D eigenvalue weighted by Crippen LogP contribution is -3.13. The Balaban J connectivity index is 1.15. The summed E-state index contributed by atoms with van der Waals surface area (Å²) in [6, 6.07) is 0. The van der Waals surface area contributed by atoms with E-state index in [1.165, 1.54) is 23.2 Å². The number of aliphatic hydroxyl groups excluding tert-OH is 4. The third kappa shape index (κ3) is 6.76. The van der Waals surface area contributed by atoms with Gasteiger partial charge in [0, 0.05) is 0 Å². The number of nitrogens with zero attached hydrogens (tertiary/aromatic N) is 4. The minimum absolute atomic E-state index is 0.0470. The number of nitrogen functional groups attached to an aromatic ring is 1. The van der Waals surface area contributed by atoms with Crippen LogP contribution in [0.15, 0.2) is 36.6 Å². The third-order valence-electron chi connectivity index (χ3n) is 7.00. The molecule has 0 aromatic carbocycles. The predicted molar refractivity (Wildman–Crippen MR) is 139 cm³/mol. The first-order chi connectivity index (χ1) is 20.7. The van der Waals surface area contributed by atoms with Crippen LogP contribution in [0.5, 0.6) is 0 Å². The lowest BCUT2D eigenvalue weighted by atomic mass is 10.1. The molecule has 21 nitrogen and oxygen atoms in total. The maximum Gasteiger partial charge on any atom is 0.478 e. The number of carbonyl (C=O) groups excluding carboxylic acids is 1. The summed E-state index contributed by atoms with van der Waals surface area (Å²) in [4.78, 5) is 46.0. The number of imidazole rings is 1. The second-order valence-electron chi connectivity index (χ2n) is 9.94. The maximum atomic E-state index is 12.4. The number of fused-ring (bicyclic) bond motifs is 1. The smallest absolute Gasteiger partial charge is 0.478 e. The number of rotatable bonds is 11. The summed E-state index contributed by atoms with van der Waals surface area (Å²) in [6.45, 7) is -1.61. The summed E-state index contributed by atoms with van der Waals surface area (Å²) in [5, 5.41) is 41.6. The van der Waals surface area contributed by atoms with E-state index in [9.17, 15) is 44.1 Å². The van der Waals surface area contributed by atoms with E-state index in [1.807, 2.05) is 0 Å². The molecule has 3 aliphatic heterocycles. The molecule has 0 saturated carbocycles. The summed E-state index contributed by atoms with van der Waals surface area (Å²) >= 11 is 0. The van der Waals surface area contributed by atoms with Gasteiger partial charge in [0.25, 0.3) is 13.7 Å². The maximum absolute atomic E-state index is 12.4. The molecular weight excluding hydrogens is 636 g/mol. The lowest BCUT2D eigenvalue weighted by Gasteiger charge is -2.27.